The molecule has 82 valence electrons. The molecule has 1 atom stereocenters. The number of aromatic nitrogens is 2. The molecule has 0 N–H and O–H groups in total. The average molecular weight is 228 g/mol. The van der Waals surface area contributed by atoms with Gasteiger partial charge in [-0.1, -0.05) is 0 Å². The minimum Gasteiger partial charge on any atom is -0.379 e. The molecule has 15 heavy (non-hydrogen) atoms. The van der Waals surface area contributed by atoms with Crippen molar-refractivity contribution in [2.45, 2.75) is 18.3 Å². The molecule has 1 aromatic heterocycles. The number of nitrogens with zero attached hydrogens (tertiary/aromatic N) is 3. The first-order chi connectivity index (χ1) is 7.31. The van der Waals surface area contributed by atoms with Crippen molar-refractivity contribution in [1.82, 2.24) is 9.97 Å². The molecule has 1 unspecified atom stereocenters. The Labute approximate surface area is 94.2 Å². The summed E-state index contributed by atoms with van der Waals surface area (Å²) in [6.07, 6.45) is 4.49. The van der Waals surface area contributed by atoms with Crippen molar-refractivity contribution in [1.29, 1.82) is 0 Å². The first kappa shape index (κ1) is 10.6. The van der Waals surface area contributed by atoms with Gasteiger partial charge in [0.2, 0.25) is 0 Å². The van der Waals surface area contributed by atoms with Crippen molar-refractivity contribution in [3.63, 3.8) is 0 Å². The highest BCUT2D eigenvalue weighted by Gasteiger charge is 2.21. The molecule has 2 heterocycles. The highest BCUT2D eigenvalue weighted by molar-refractivity contribution is 6.16. The predicted octanol–water partition coefficient (Wildman–Crippen LogP) is 1.44. The first-order valence-corrected chi connectivity index (χ1v) is 5.52. The van der Waals surface area contributed by atoms with Gasteiger partial charge >= 0.3 is 0 Å². The van der Waals surface area contributed by atoms with E-state index in [1.54, 1.807) is 12.4 Å². The molecule has 0 radical (unpaired) electrons. The number of alkyl halides is 1. The standard InChI is InChI=1S/C10H14ClN3O/c1-14(9-2-3-15-7-9)10-6-12-5-8(4-11)13-10/h5-6,9H,2-4,7H2,1H3. The molecule has 0 bridgehead atoms. The van der Waals surface area contributed by atoms with E-state index in [2.05, 4.69) is 14.9 Å². The summed E-state index contributed by atoms with van der Waals surface area (Å²) in [5, 5.41) is 0. The second kappa shape index (κ2) is 4.77. The maximum atomic E-state index is 5.72. The number of halogens is 1. The van der Waals surface area contributed by atoms with Crippen molar-refractivity contribution in [3.8, 4) is 0 Å². The van der Waals surface area contributed by atoms with Crippen LogP contribution in [0, 0.1) is 0 Å². The van der Waals surface area contributed by atoms with E-state index in [1.807, 2.05) is 7.05 Å². The van der Waals surface area contributed by atoms with Gasteiger partial charge in [-0.2, -0.15) is 0 Å². The van der Waals surface area contributed by atoms with Crippen LogP contribution in [0.1, 0.15) is 12.1 Å². The topological polar surface area (TPSA) is 38.2 Å². The van der Waals surface area contributed by atoms with Crippen molar-refractivity contribution < 1.29 is 4.74 Å². The lowest BCUT2D eigenvalue weighted by atomic mass is 10.2. The largest absolute Gasteiger partial charge is 0.379 e. The Morgan fingerprint density at radius 3 is 3.13 bits per heavy atom. The Kier molecular flexibility index (Phi) is 3.38. The zero-order valence-corrected chi connectivity index (χ0v) is 9.44. The molecule has 0 aromatic carbocycles. The molecule has 0 amide bonds. The number of hydrogen-bond donors (Lipinski definition) is 0. The highest BCUT2D eigenvalue weighted by Crippen LogP contribution is 2.17. The van der Waals surface area contributed by atoms with Gasteiger partial charge in [0.15, 0.2) is 0 Å². The van der Waals surface area contributed by atoms with Gasteiger partial charge in [0.1, 0.15) is 5.82 Å². The molecule has 4 nitrogen and oxygen atoms in total. The fourth-order valence-electron chi connectivity index (χ4n) is 1.64. The normalized spacial score (nSPS) is 20.5. The van der Waals surface area contributed by atoms with Gasteiger partial charge in [0.25, 0.3) is 0 Å². The summed E-state index contributed by atoms with van der Waals surface area (Å²) >= 11 is 5.72. The number of hydrogen-bond acceptors (Lipinski definition) is 4. The van der Waals surface area contributed by atoms with Gasteiger partial charge in [-0.05, 0) is 6.42 Å². The third-order valence-corrected chi connectivity index (χ3v) is 2.90. The summed E-state index contributed by atoms with van der Waals surface area (Å²) in [7, 11) is 2.02. The molecule has 5 heteroatoms. The van der Waals surface area contributed by atoms with Crippen LogP contribution < -0.4 is 4.90 Å². The smallest absolute Gasteiger partial charge is 0.147 e. The third-order valence-electron chi connectivity index (χ3n) is 2.62. The molecule has 1 fully saturated rings. The fourth-order valence-corrected chi connectivity index (χ4v) is 1.77. The van der Waals surface area contributed by atoms with Gasteiger partial charge < -0.3 is 9.64 Å². The van der Waals surface area contributed by atoms with Gasteiger partial charge in [0, 0.05) is 19.9 Å². The van der Waals surface area contributed by atoms with Crippen LogP contribution in [-0.4, -0.2) is 36.3 Å². The van der Waals surface area contributed by atoms with Crippen molar-refractivity contribution in [2.24, 2.45) is 0 Å². The molecule has 0 spiro atoms. The highest BCUT2D eigenvalue weighted by atomic mass is 35.5. The maximum Gasteiger partial charge on any atom is 0.147 e. The Balaban J connectivity index is 2.13. The van der Waals surface area contributed by atoms with E-state index in [1.165, 1.54) is 0 Å². The lowest BCUT2D eigenvalue weighted by molar-refractivity contribution is 0.193. The lowest BCUT2D eigenvalue weighted by Crippen LogP contribution is -2.32. The Morgan fingerprint density at radius 1 is 1.60 bits per heavy atom. The van der Waals surface area contributed by atoms with Gasteiger partial charge in [-0.3, -0.25) is 4.98 Å². The molecule has 1 saturated heterocycles. The van der Waals surface area contributed by atoms with Crippen LogP contribution in [0.2, 0.25) is 0 Å². The molecular formula is C10H14ClN3O. The molecule has 2 rings (SSSR count). The van der Waals surface area contributed by atoms with E-state index in [0.717, 1.165) is 31.1 Å². The number of anilines is 1. The second-order valence-electron chi connectivity index (χ2n) is 3.63. The zero-order valence-electron chi connectivity index (χ0n) is 8.69. The molecule has 1 aliphatic rings. The zero-order chi connectivity index (χ0) is 10.7. The van der Waals surface area contributed by atoms with Gasteiger partial charge in [-0.15, -0.1) is 11.6 Å². The SMILES string of the molecule is CN(c1cncc(CCl)n1)C1CCOC1. The predicted molar refractivity (Wildman–Crippen MR) is 59.2 cm³/mol. The number of ether oxygens (including phenoxy) is 1. The van der Waals surface area contributed by atoms with Gasteiger partial charge in [-0.25, -0.2) is 4.98 Å². The van der Waals surface area contributed by atoms with Crippen LogP contribution >= 0.6 is 11.6 Å². The van der Waals surface area contributed by atoms with E-state index < -0.39 is 0 Å². The summed E-state index contributed by atoms with van der Waals surface area (Å²) in [6, 6.07) is 0.407. The monoisotopic (exact) mass is 227 g/mol. The van der Waals surface area contributed by atoms with Crippen LogP contribution in [0.25, 0.3) is 0 Å². The summed E-state index contributed by atoms with van der Waals surface area (Å²) in [4.78, 5) is 10.6. The summed E-state index contributed by atoms with van der Waals surface area (Å²) in [6.45, 7) is 1.60. The molecule has 0 aliphatic carbocycles. The number of rotatable bonds is 3. The minimum absolute atomic E-state index is 0.399. The Bertz CT molecular complexity index is 328. The first-order valence-electron chi connectivity index (χ1n) is 4.98. The second-order valence-corrected chi connectivity index (χ2v) is 3.90. The quantitative estimate of drug-likeness (QED) is 0.733. The van der Waals surface area contributed by atoms with E-state index >= 15 is 0 Å². The van der Waals surface area contributed by atoms with E-state index in [-0.39, 0.29) is 0 Å². The van der Waals surface area contributed by atoms with Crippen molar-refractivity contribution in [2.75, 3.05) is 25.2 Å². The molecular weight excluding hydrogens is 214 g/mol. The van der Waals surface area contributed by atoms with Gasteiger partial charge in [0.05, 0.1) is 30.4 Å². The number of likely N-dealkylation sites (N-methyl/N-ethyl adjacent to an activating group) is 1. The Hall–Kier alpha value is -0.870. The van der Waals surface area contributed by atoms with Crippen LogP contribution in [0.3, 0.4) is 0 Å². The van der Waals surface area contributed by atoms with E-state index in [4.69, 9.17) is 16.3 Å². The van der Waals surface area contributed by atoms with Crippen LogP contribution in [0.5, 0.6) is 0 Å². The van der Waals surface area contributed by atoms with E-state index in [9.17, 15) is 0 Å². The van der Waals surface area contributed by atoms with E-state index in [0.29, 0.717) is 11.9 Å². The van der Waals surface area contributed by atoms with Crippen molar-refractivity contribution >= 4 is 17.4 Å². The maximum absolute atomic E-state index is 5.72. The summed E-state index contributed by atoms with van der Waals surface area (Å²) in [5.74, 6) is 1.26. The molecule has 0 saturated carbocycles. The summed E-state index contributed by atoms with van der Waals surface area (Å²) in [5.41, 5.74) is 0.805. The van der Waals surface area contributed by atoms with Crippen LogP contribution in [-0.2, 0) is 10.6 Å². The molecule has 1 aromatic rings. The fraction of sp³-hybridized carbons (Fsp3) is 0.600. The lowest BCUT2D eigenvalue weighted by Gasteiger charge is -2.23. The van der Waals surface area contributed by atoms with Crippen LogP contribution in [0.15, 0.2) is 12.4 Å². The van der Waals surface area contributed by atoms with Crippen LogP contribution in [0.4, 0.5) is 5.82 Å². The molecule has 1 aliphatic heterocycles. The Morgan fingerprint density at radius 2 is 2.47 bits per heavy atom. The third kappa shape index (κ3) is 2.38. The van der Waals surface area contributed by atoms with Crippen molar-refractivity contribution in [3.05, 3.63) is 18.1 Å². The summed E-state index contributed by atoms with van der Waals surface area (Å²) < 4.78 is 5.34. The average Bonchev–Trinajstić information content (AvgIpc) is 2.81. The minimum atomic E-state index is 0.399.